The van der Waals surface area contributed by atoms with Gasteiger partial charge in [0.25, 0.3) is 5.91 Å². The molecule has 1 atom stereocenters. The third-order valence-corrected chi connectivity index (χ3v) is 3.45. The Hall–Kier alpha value is -2.82. The lowest BCUT2D eigenvalue weighted by Gasteiger charge is -2.13. The predicted molar refractivity (Wildman–Crippen MR) is 95.5 cm³/mol. The second kappa shape index (κ2) is 8.15. The van der Waals surface area contributed by atoms with Gasteiger partial charge in [0.15, 0.2) is 0 Å². The second-order valence-electron chi connectivity index (χ2n) is 5.58. The molecule has 0 aliphatic rings. The van der Waals surface area contributed by atoms with Gasteiger partial charge in [-0.3, -0.25) is 9.59 Å². The molecule has 2 aromatic rings. The average molecular weight is 326 g/mol. The maximum absolute atomic E-state index is 12.4. The molecule has 0 heterocycles. The summed E-state index contributed by atoms with van der Waals surface area (Å²) in [5, 5.41) is 5.51. The van der Waals surface area contributed by atoms with Crippen molar-refractivity contribution in [3.63, 3.8) is 0 Å². The average Bonchev–Trinajstić information content (AvgIpc) is 2.54. The maximum Gasteiger partial charge on any atom is 0.255 e. The Kier molecular flexibility index (Phi) is 5.95. The van der Waals surface area contributed by atoms with Crippen molar-refractivity contribution in [2.75, 3.05) is 10.6 Å². The lowest BCUT2D eigenvalue weighted by molar-refractivity contribution is -0.114. The zero-order valence-electron chi connectivity index (χ0n) is 14.1. The Bertz CT molecular complexity index is 728. The molecule has 0 aliphatic carbocycles. The van der Waals surface area contributed by atoms with Gasteiger partial charge in [-0.2, -0.15) is 0 Å². The van der Waals surface area contributed by atoms with Gasteiger partial charge in [0.1, 0.15) is 5.75 Å². The molecule has 0 fully saturated rings. The molecule has 126 valence electrons. The molecule has 0 aliphatic heterocycles. The van der Waals surface area contributed by atoms with Crippen molar-refractivity contribution < 1.29 is 14.3 Å². The molecule has 1 unspecified atom stereocenters. The van der Waals surface area contributed by atoms with Crippen LogP contribution in [-0.4, -0.2) is 17.9 Å². The fraction of sp³-hybridized carbons (Fsp3) is 0.263. The second-order valence-corrected chi connectivity index (χ2v) is 5.58. The molecule has 2 aromatic carbocycles. The van der Waals surface area contributed by atoms with Gasteiger partial charge < -0.3 is 15.4 Å². The molecular weight excluding hydrogens is 304 g/mol. The van der Waals surface area contributed by atoms with Crippen molar-refractivity contribution in [1.29, 1.82) is 0 Å². The molecule has 0 bridgehead atoms. The summed E-state index contributed by atoms with van der Waals surface area (Å²) in [6.07, 6.45) is 0.990. The van der Waals surface area contributed by atoms with Crippen molar-refractivity contribution >= 4 is 23.2 Å². The molecule has 0 saturated carbocycles. The summed E-state index contributed by atoms with van der Waals surface area (Å²) in [6, 6.07) is 14.1. The molecule has 2 rings (SSSR count). The van der Waals surface area contributed by atoms with Gasteiger partial charge in [0.2, 0.25) is 5.91 Å². The number of carbonyl (C=O) groups is 2. The summed E-state index contributed by atoms with van der Waals surface area (Å²) in [5.74, 6) is 0.280. The SMILES string of the molecule is CCC(C)Oc1cccc(C(=O)Nc2cccc(NC(C)=O)c2)c1. The number of anilines is 2. The highest BCUT2D eigenvalue weighted by atomic mass is 16.5. The number of carbonyl (C=O) groups excluding carboxylic acids is 2. The number of rotatable bonds is 6. The third-order valence-electron chi connectivity index (χ3n) is 3.45. The Morgan fingerprint density at radius 2 is 1.71 bits per heavy atom. The summed E-state index contributed by atoms with van der Waals surface area (Å²) >= 11 is 0. The minimum absolute atomic E-state index is 0.0950. The van der Waals surface area contributed by atoms with Crippen LogP contribution in [0, 0.1) is 0 Å². The Balaban J connectivity index is 2.09. The Morgan fingerprint density at radius 1 is 1.04 bits per heavy atom. The van der Waals surface area contributed by atoms with E-state index in [1.807, 2.05) is 19.9 Å². The molecule has 2 amide bonds. The fourth-order valence-electron chi connectivity index (χ4n) is 2.11. The molecule has 5 heteroatoms. The van der Waals surface area contributed by atoms with Crippen LogP contribution in [0.2, 0.25) is 0 Å². The lowest BCUT2D eigenvalue weighted by atomic mass is 10.2. The minimum Gasteiger partial charge on any atom is -0.491 e. The Morgan fingerprint density at radius 3 is 2.38 bits per heavy atom. The largest absolute Gasteiger partial charge is 0.491 e. The van der Waals surface area contributed by atoms with Gasteiger partial charge in [0, 0.05) is 23.9 Å². The molecule has 0 saturated heterocycles. The first-order valence-electron chi connectivity index (χ1n) is 7.93. The van der Waals surface area contributed by atoms with Gasteiger partial charge >= 0.3 is 0 Å². The van der Waals surface area contributed by atoms with Crippen molar-refractivity contribution in [3.8, 4) is 5.75 Å². The molecule has 24 heavy (non-hydrogen) atoms. The third kappa shape index (κ3) is 5.12. The topological polar surface area (TPSA) is 67.4 Å². The monoisotopic (exact) mass is 326 g/mol. The van der Waals surface area contributed by atoms with Crippen LogP contribution >= 0.6 is 0 Å². The van der Waals surface area contributed by atoms with Crippen LogP contribution in [0.5, 0.6) is 5.75 Å². The van der Waals surface area contributed by atoms with Gasteiger partial charge in [-0.25, -0.2) is 0 Å². The minimum atomic E-state index is -0.232. The van der Waals surface area contributed by atoms with Crippen molar-refractivity contribution in [2.45, 2.75) is 33.3 Å². The number of hydrogen-bond acceptors (Lipinski definition) is 3. The van der Waals surface area contributed by atoms with Gasteiger partial charge in [0.05, 0.1) is 6.10 Å². The van der Waals surface area contributed by atoms with Crippen LogP contribution < -0.4 is 15.4 Å². The van der Waals surface area contributed by atoms with Crippen LogP contribution in [0.15, 0.2) is 48.5 Å². The van der Waals surface area contributed by atoms with Crippen molar-refractivity contribution in [3.05, 3.63) is 54.1 Å². The van der Waals surface area contributed by atoms with Crippen LogP contribution in [0.1, 0.15) is 37.6 Å². The standard InChI is InChI=1S/C19H22N2O3/c1-4-13(2)24-18-10-5-7-15(11-18)19(23)21-17-9-6-8-16(12-17)20-14(3)22/h5-13H,4H2,1-3H3,(H,20,22)(H,21,23). The van der Waals surface area contributed by atoms with Crippen LogP contribution in [0.3, 0.4) is 0 Å². The summed E-state index contributed by atoms with van der Waals surface area (Å²) in [6.45, 7) is 5.47. The first kappa shape index (κ1) is 17.5. The predicted octanol–water partition coefficient (Wildman–Crippen LogP) is 4.07. The molecule has 2 N–H and O–H groups in total. The smallest absolute Gasteiger partial charge is 0.255 e. The maximum atomic E-state index is 12.4. The van der Waals surface area contributed by atoms with E-state index in [2.05, 4.69) is 10.6 Å². The zero-order valence-corrected chi connectivity index (χ0v) is 14.1. The summed E-state index contributed by atoms with van der Waals surface area (Å²) in [7, 11) is 0. The highest BCUT2D eigenvalue weighted by molar-refractivity contribution is 6.04. The number of hydrogen-bond donors (Lipinski definition) is 2. The zero-order chi connectivity index (χ0) is 17.5. The lowest BCUT2D eigenvalue weighted by Crippen LogP contribution is -2.14. The molecule has 0 spiro atoms. The first-order valence-corrected chi connectivity index (χ1v) is 7.93. The van der Waals surface area contributed by atoms with Crippen molar-refractivity contribution in [1.82, 2.24) is 0 Å². The number of benzene rings is 2. The molecular formula is C19H22N2O3. The normalized spacial score (nSPS) is 11.5. The van der Waals surface area contributed by atoms with Gasteiger partial charge in [-0.1, -0.05) is 19.1 Å². The first-order chi connectivity index (χ1) is 11.5. The fourth-order valence-corrected chi connectivity index (χ4v) is 2.11. The Labute approximate surface area is 142 Å². The van der Waals surface area contributed by atoms with Gasteiger partial charge in [-0.15, -0.1) is 0 Å². The van der Waals surface area contributed by atoms with Crippen LogP contribution in [0.4, 0.5) is 11.4 Å². The van der Waals surface area contributed by atoms with E-state index in [9.17, 15) is 9.59 Å². The highest BCUT2D eigenvalue weighted by Crippen LogP contribution is 2.19. The van der Waals surface area contributed by atoms with E-state index in [1.165, 1.54) is 6.92 Å². The van der Waals surface area contributed by atoms with E-state index in [4.69, 9.17) is 4.74 Å². The van der Waals surface area contributed by atoms with Crippen LogP contribution in [-0.2, 0) is 4.79 Å². The van der Waals surface area contributed by atoms with E-state index < -0.39 is 0 Å². The van der Waals surface area contributed by atoms with E-state index in [0.717, 1.165) is 6.42 Å². The quantitative estimate of drug-likeness (QED) is 0.840. The summed E-state index contributed by atoms with van der Waals surface area (Å²) < 4.78 is 5.74. The molecule has 0 radical (unpaired) electrons. The van der Waals surface area contributed by atoms with E-state index in [0.29, 0.717) is 22.7 Å². The number of ether oxygens (including phenoxy) is 1. The summed E-state index contributed by atoms with van der Waals surface area (Å²) in [4.78, 5) is 23.5. The molecule has 0 aromatic heterocycles. The van der Waals surface area contributed by atoms with Crippen LogP contribution in [0.25, 0.3) is 0 Å². The number of amides is 2. The van der Waals surface area contributed by atoms with Gasteiger partial charge in [-0.05, 0) is 49.7 Å². The number of nitrogens with one attached hydrogen (secondary N) is 2. The van der Waals surface area contributed by atoms with E-state index >= 15 is 0 Å². The molecule has 5 nitrogen and oxygen atoms in total. The van der Waals surface area contributed by atoms with Crippen molar-refractivity contribution in [2.24, 2.45) is 0 Å². The van der Waals surface area contributed by atoms with E-state index in [-0.39, 0.29) is 17.9 Å². The van der Waals surface area contributed by atoms with E-state index in [1.54, 1.807) is 42.5 Å². The summed E-state index contributed by atoms with van der Waals surface area (Å²) in [5.41, 5.74) is 1.76. The highest BCUT2D eigenvalue weighted by Gasteiger charge is 2.09.